The molecule has 0 atom stereocenters. The van der Waals surface area contributed by atoms with Gasteiger partial charge in [-0.3, -0.25) is 10.3 Å². The Balaban J connectivity index is 2.65. The lowest BCUT2D eigenvalue weighted by molar-refractivity contribution is 0.0742. The predicted octanol–water partition coefficient (Wildman–Crippen LogP) is -0.674. The molecular weight excluding hydrogens is 174 g/mol. The number of tetrazole rings is 1. The topological polar surface area (TPSA) is 84.8 Å². The molecule has 72 valence electrons. The van der Waals surface area contributed by atoms with Crippen molar-refractivity contribution in [3.05, 3.63) is 16.2 Å². The standard InChI is InChI=1S/C6H11N5O2/c1-3-13-8-5(2)4-11-6(12)7-9-10-11/h4,8H,3H2,1-2H3,(H,7,10,12). The zero-order chi connectivity index (χ0) is 9.68. The van der Waals surface area contributed by atoms with Gasteiger partial charge in [0, 0.05) is 0 Å². The molecule has 0 amide bonds. The third-order valence-corrected chi connectivity index (χ3v) is 1.19. The molecule has 0 aliphatic carbocycles. The molecule has 1 heterocycles. The van der Waals surface area contributed by atoms with E-state index in [0.717, 1.165) is 4.68 Å². The largest absolute Gasteiger partial charge is 0.365 e. The van der Waals surface area contributed by atoms with Gasteiger partial charge in [-0.05, 0) is 24.3 Å². The van der Waals surface area contributed by atoms with Crippen LogP contribution in [0.5, 0.6) is 0 Å². The molecule has 7 nitrogen and oxygen atoms in total. The molecule has 1 rings (SSSR count). The quantitative estimate of drug-likeness (QED) is 0.607. The summed E-state index contributed by atoms with van der Waals surface area (Å²) in [6, 6.07) is 0. The van der Waals surface area contributed by atoms with Crippen molar-refractivity contribution in [2.45, 2.75) is 13.8 Å². The van der Waals surface area contributed by atoms with E-state index >= 15 is 0 Å². The van der Waals surface area contributed by atoms with Crippen LogP contribution in [-0.2, 0) is 4.84 Å². The Morgan fingerprint density at radius 1 is 1.85 bits per heavy atom. The second kappa shape index (κ2) is 4.41. The summed E-state index contributed by atoms with van der Waals surface area (Å²) in [4.78, 5) is 15.8. The average Bonchev–Trinajstić information content (AvgIpc) is 2.48. The number of allylic oxidation sites excluding steroid dienone is 1. The molecule has 1 aromatic heterocycles. The highest BCUT2D eigenvalue weighted by Crippen LogP contribution is 1.87. The van der Waals surface area contributed by atoms with Crippen LogP contribution in [0.25, 0.3) is 6.20 Å². The van der Waals surface area contributed by atoms with Gasteiger partial charge in [0.15, 0.2) is 0 Å². The Morgan fingerprint density at radius 2 is 2.62 bits per heavy atom. The van der Waals surface area contributed by atoms with Gasteiger partial charge in [-0.2, -0.15) is 4.68 Å². The maximum atomic E-state index is 10.9. The molecule has 0 saturated carbocycles. The fourth-order valence-corrected chi connectivity index (χ4v) is 0.685. The number of H-pyrrole nitrogens is 1. The van der Waals surface area contributed by atoms with Crippen molar-refractivity contribution in [3.63, 3.8) is 0 Å². The second-order valence-corrected chi connectivity index (χ2v) is 2.30. The summed E-state index contributed by atoms with van der Waals surface area (Å²) in [6.07, 6.45) is 1.47. The van der Waals surface area contributed by atoms with E-state index in [1.54, 1.807) is 6.92 Å². The summed E-state index contributed by atoms with van der Waals surface area (Å²) >= 11 is 0. The first-order valence-electron chi connectivity index (χ1n) is 3.80. The van der Waals surface area contributed by atoms with E-state index in [0.29, 0.717) is 12.3 Å². The van der Waals surface area contributed by atoms with Crippen molar-refractivity contribution in [2.75, 3.05) is 6.61 Å². The number of hydrogen-bond donors (Lipinski definition) is 2. The SMILES string of the molecule is CCONC(C)=Cn1nn[nH]c1=O. The molecule has 1 aromatic rings. The minimum Gasteiger partial charge on any atom is -0.277 e. The lowest BCUT2D eigenvalue weighted by Crippen LogP contribution is -2.17. The number of hydroxylamine groups is 1. The van der Waals surface area contributed by atoms with Crippen molar-refractivity contribution in [3.8, 4) is 0 Å². The first-order chi connectivity index (χ1) is 6.24. The normalized spacial score (nSPS) is 11.7. The molecule has 13 heavy (non-hydrogen) atoms. The van der Waals surface area contributed by atoms with Crippen molar-refractivity contribution < 1.29 is 4.84 Å². The Bertz CT molecular complexity index is 339. The number of rotatable bonds is 4. The van der Waals surface area contributed by atoms with Gasteiger partial charge >= 0.3 is 5.69 Å². The van der Waals surface area contributed by atoms with Crippen LogP contribution >= 0.6 is 0 Å². The van der Waals surface area contributed by atoms with Gasteiger partial charge < -0.3 is 0 Å². The van der Waals surface area contributed by atoms with Gasteiger partial charge in [-0.15, -0.1) is 0 Å². The summed E-state index contributed by atoms with van der Waals surface area (Å²) in [5.41, 5.74) is 2.89. The van der Waals surface area contributed by atoms with Gasteiger partial charge in [0.05, 0.1) is 18.5 Å². The maximum absolute atomic E-state index is 10.9. The number of hydrogen-bond acceptors (Lipinski definition) is 5. The Kier molecular flexibility index (Phi) is 3.21. The van der Waals surface area contributed by atoms with E-state index in [-0.39, 0.29) is 0 Å². The van der Waals surface area contributed by atoms with E-state index in [4.69, 9.17) is 4.84 Å². The smallest absolute Gasteiger partial charge is 0.277 e. The fraction of sp³-hybridized carbons (Fsp3) is 0.500. The van der Waals surface area contributed by atoms with E-state index in [2.05, 4.69) is 21.0 Å². The van der Waals surface area contributed by atoms with Gasteiger partial charge in [-0.25, -0.2) is 9.89 Å². The number of nitrogens with zero attached hydrogens (tertiary/aromatic N) is 3. The monoisotopic (exact) mass is 185 g/mol. The zero-order valence-electron chi connectivity index (χ0n) is 7.44. The van der Waals surface area contributed by atoms with Crippen molar-refractivity contribution in [1.82, 2.24) is 25.7 Å². The molecule has 7 heteroatoms. The molecule has 2 N–H and O–H groups in total. The van der Waals surface area contributed by atoms with Crippen LogP contribution in [0.3, 0.4) is 0 Å². The molecule has 0 spiro atoms. The minimum atomic E-state index is -0.391. The molecule has 0 aromatic carbocycles. The van der Waals surface area contributed by atoms with E-state index in [1.165, 1.54) is 6.20 Å². The highest BCUT2D eigenvalue weighted by atomic mass is 16.6. The molecule has 0 aliphatic heterocycles. The van der Waals surface area contributed by atoms with E-state index in [1.807, 2.05) is 6.92 Å². The summed E-state index contributed by atoms with van der Waals surface area (Å²) in [5.74, 6) is 0. The molecular formula is C6H11N5O2. The lowest BCUT2D eigenvalue weighted by atomic mass is 10.6. The van der Waals surface area contributed by atoms with Crippen LogP contribution in [0.15, 0.2) is 10.5 Å². The van der Waals surface area contributed by atoms with Gasteiger partial charge in [0.2, 0.25) is 0 Å². The molecule has 0 radical (unpaired) electrons. The summed E-state index contributed by atoms with van der Waals surface area (Å²) in [5, 5.41) is 8.97. The van der Waals surface area contributed by atoms with Crippen LogP contribution in [0.2, 0.25) is 0 Å². The van der Waals surface area contributed by atoms with Crippen molar-refractivity contribution >= 4 is 6.20 Å². The zero-order valence-corrected chi connectivity index (χ0v) is 7.44. The summed E-state index contributed by atoms with van der Waals surface area (Å²) in [6.45, 7) is 4.14. The molecule has 0 unspecified atom stereocenters. The van der Waals surface area contributed by atoms with Crippen molar-refractivity contribution in [1.29, 1.82) is 0 Å². The Labute approximate surface area is 74.3 Å². The number of nitrogens with one attached hydrogen (secondary N) is 2. The first kappa shape index (κ1) is 9.46. The van der Waals surface area contributed by atoms with Gasteiger partial charge in [0.1, 0.15) is 0 Å². The average molecular weight is 185 g/mol. The Hall–Kier alpha value is -1.63. The molecule has 0 bridgehead atoms. The lowest BCUT2D eigenvalue weighted by Gasteiger charge is -2.02. The van der Waals surface area contributed by atoms with Crippen LogP contribution < -0.4 is 11.2 Å². The van der Waals surface area contributed by atoms with Crippen molar-refractivity contribution in [2.24, 2.45) is 0 Å². The van der Waals surface area contributed by atoms with Gasteiger partial charge in [0.25, 0.3) is 0 Å². The first-order valence-corrected chi connectivity index (χ1v) is 3.80. The fourth-order valence-electron chi connectivity index (χ4n) is 0.685. The van der Waals surface area contributed by atoms with Crippen LogP contribution in [0.1, 0.15) is 13.8 Å². The van der Waals surface area contributed by atoms with Gasteiger partial charge in [-0.1, -0.05) is 0 Å². The predicted molar refractivity (Wildman–Crippen MR) is 45.4 cm³/mol. The third kappa shape index (κ3) is 2.71. The maximum Gasteiger partial charge on any atom is 0.365 e. The number of aromatic nitrogens is 4. The highest BCUT2D eigenvalue weighted by Gasteiger charge is 1.94. The van der Waals surface area contributed by atoms with Crippen LogP contribution in [0, 0.1) is 0 Å². The highest BCUT2D eigenvalue weighted by molar-refractivity contribution is 5.23. The summed E-state index contributed by atoms with van der Waals surface area (Å²) < 4.78 is 1.07. The minimum absolute atomic E-state index is 0.391. The molecule has 0 saturated heterocycles. The van der Waals surface area contributed by atoms with E-state index < -0.39 is 5.69 Å². The second-order valence-electron chi connectivity index (χ2n) is 2.30. The molecule has 0 aliphatic rings. The van der Waals surface area contributed by atoms with E-state index in [9.17, 15) is 4.79 Å². The Morgan fingerprint density at radius 3 is 3.15 bits per heavy atom. The number of aromatic amines is 1. The van der Waals surface area contributed by atoms with Crippen LogP contribution in [0.4, 0.5) is 0 Å². The van der Waals surface area contributed by atoms with Crippen LogP contribution in [-0.4, -0.2) is 26.8 Å². The molecule has 0 fully saturated rings. The third-order valence-electron chi connectivity index (χ3n) is 1.19. The summed E-state index contributed by atoms with van der Waals surface area (Å²) in [7, 11) is 0.